The molecular weight excluding hydrogens is 336 g/mol. The highest BCUT2D eigenvalue weighted by Gasteiger charge is 2.24. The van der Waals surface area contributed by atoms with Gasteiger partial charge in [-0.25, -0.2) is 0 Å². The van der Waals surface area contributed by atoms with Gasteiger partial charge in [-0.3, -0.25) is 9.59 Å². The highest BCUT2D eigenvalue weighted by atomic mass is 32.2. The summed E-state index contributed by atoms with van der Waals surface area (Å²) in [6.45, 7) is 2.08. The van der Waals surface area contributed by atoms with Crippen molar-refractivity contribution in [3.8, 4) is 0 Å². The molecule has 1 N–H and O–H groups in total. The molecule has 1 aliphatic heterocycles. The van der Waals surface area contributed by atoms with Gasteiger partial charge >= 0.3 is 0 Å². The Morgan fingerprint density at radius 1 is 1.24 bits per heavy atom. The zero-order chi connectivity index (χ0) is 17.6. The normalized spacial score (nSPS) is 15.2. The number of hydrogen-bond donors (Lipinski definition) is 1. The number of furan rings is 1. The molecule has 2 heterocycles. The van der Waals surface area contributed by atoms with E-state index in [1.807, 2.05) is 35.4 Å². The van der Waals surface area contributed by atoms with E-state index >= 15 is 0 Å². The van der Waals surface area contributed by atoms with Gasteiger partial charge in [0.15, 0.2) is 0 Å². The van der Waals surface area contributed by atoms with Gasteiger partial charge in [0.25, 0.3) is 11.8 Å². The van der Waals surface area contributed by atoms with Crippen LogP contribution in [0.3, 0.4) is 0 Å². The second-order valence-electron chi connectivity index (χ2n) is 6.16. The molecule has 0 spiro atoms. The molecule has 0 saturated carbocycles. The molecule has 2 aromatic rings. The number of benzene rings is 1. The van der Waals surface area contributed by atoms with Gasteiger partial charge in [0.05, 0.1) is 17.4 Å². The van der Waals surface area contributed by atoms with Crippen LogP contribution in [0.2, 0.25) is 0 Å². The maximum Gasteiger partial charge on any atom is 0.257 e. The molecule has 1 aromatic carbocycles. The van der Waals surface area contributed by atoms with Gasteiger partial charge in [0.1, 0.15) is 6.26 Å². The molecule has 6 heteroatoms. The maximum atomic E-state index is 12.4. The predicted molar refractivity (Wildman–Crippen MR) is 97.9 cm³/mol. The average Bonchev–Trinajstić information content (AvgIpc) is 3.20. The lowest BCUT2D eigenvalue weighted by atomic mass is 9.96. The Kier molecular flexibility index (Phi) is 5.81. The fourth-order valence-corrected chi connectivity index (χ4v) is 3.67. The van der Waals surface area contributed by atoms with Crippen LogP contribution in [-0.4, -0.2) is 42.6 Å². The quantitative estimate of drug-likeness (QED) is 0.833. The van der Waals surface area contributed by atoms with Crippen LogP contribution in [0, 0.1) is 5.92 Å². The first kappa shape index (κ1) is 17.6. The summed E-state index contributed by atoms with van der Waals surface area (Å²) in [7, 11) is 0. The van der Waals surface area contributed by atoms with Gasteiger partial charge in [-0.05, 0) is 43.2 Å². The van der Waals surface area contributed by atoms with Crippen LogP contribution >= 0.6 is 11.8 Å². The van der Waals surface area contributed by atoms with E-state index in [4.69, 9.17) is 4.42 Å². The molecule has 5 nitrogen and oxygen atoms in total. The molecule has 0 unspecified atom stereocenters. The molecule has 2 amide bonds. The highest BCUT2D eigenvalue weighted by Crippen LogP contribution is 2.21. The van der Waals surface area contributed by atoms with E-state index in [2.05, 4.69) is 5.32 Å². The molecule has 1 aliphatic rings. The number of carbonyl (C=O) groups excluding carboxylic acids is 2. The largest absolute Gasteiger partial charge is 0.472 e. The van der Waals surface area contributed by atoms with E-state index in [1.54, 1.807) is 17.8 Å². The molecule has 0 aliphatic carbocycles. The Hall–Kier alpha value is -2.21. The first-order chi connectivity index (χ1) is 12.2. The number of amides is 2. The second kappa shape index (κ2) is 8.25. The van der Waals surface area contributed by atoms with E-state index in [1.165, 1.54) is 12.5 Å². The summed E-state index contributed by atoms with van der Waals surface area (Å²) in [4.78, 5) is 27.5. The minimum Gasteiger partial charge on any atom is -0.472 e. The highest BCUT2D eigenvalue weighted by molar-refractivity contribution is 7.98. The SMILES string of the molecule is CSc1ccccc1C(=O)NCC1CCN(C(=O)c2ccoc2)CC1. The van der Waals surface area contributed by atoms with Crippen LogP contribution in [-0.2, 0) is 0 Å². The molecule has 1 fully saturated rings. The van der Waals surface area contributed by atoms with Crippen LogP contribution in [0.25, 0.3) is 0 Å². The average molecular weight is 358 g/mol. The lowest BCUT2D eigenvalue weighted by molar-refractivity contribution is 0.0683. The Balaban J connectivity index is 1.48. The smallest absolute Gasteiger partial charge is 0.257 e. The van der Waals surface area contributed by atoms with E-state index in [0.717, 1.165) is 23.3 Å². The molecular formula is C19H22N2O3S. The number of hydrogen-bond acceptors (Lipinski definition) is 4. The van der Waals surface area contributed by atoms with Crippen molar-refractivity contribution in [1.82, 2.24) is 10.2 Å². The summed E-state index contributed by atoms with van der Waals surface area (Å²) in [6, 6.07) is 9.33. The van der Waals surface area contributed by atoms with Crippen LogP contribution in [0.15, 0.2) is 52.2 Å². The molecule has 0 atom stereocenters. The van der Waals surface area contributed by atoms with Crippen molar-refractivity contribution in [3.05, 3.63) is 54.0 Å². The molecule has 1 saturated heterocycles. The third-order valence-electron chi connectivity index (χ3n) is 4.57. The van der Waals surface area contributed by atoms with Crippen LogP contribution in [0.4, 0.5) is 0 Å². The number of nitrogens with zero attached hydrogens (tertiary/aromatic N) is 1. The number of piperidine rings is 1. The summed E-state index contributed by atoms with van der Waals surface area (Å²) < 4.78 is 4.98. The minimum absolute atomic E-state index is 0.0186. The van der Waals surface area contributed by atoms with Crippen molar-refractivity contribution in [2.75, 3.05) is 25.9 Å². The molecule has 1 aromatic heterocycles. The van der Waals surface area contributed by atoms with Crippen molar-refractivity contribution < 1.29 is 14.0 Å². The first-order valence-electron chi connectivity index (χ1n) is 8.41. The van der Waals surface area contributed by atoms with Crippen molar-refractivity contribution in [2.24, 2.45) is 5.92 Å². The Morgan fingerprint density at radius 2 is 2.00 bits per heavy atom. The van der Waals surface area contributed by atoms with Crippen molar-refractivity contribution in [1.29, 1.82) is 0 Å². The number of nitrogens with one attached hydrogen (secondary N) is 1. The molecule has 0 radical (unpaired) electrons. The Bertz CT molecular complexity index is 722. The fraction of sp³-hybridized carbons (Fsp3) is 0.368. The number of carbonyl (C=O) groups is 2. The summed E-state index contributed by atoms with van der Waals surface area (Å²) in [6.07, 6.45) is 6.76. The Labute approximate surface area is 151 Å². The van der Waals surface area contributed by atoms with Gasteiger partial charge in [0, 0.05) is 24.5 Å². The van der Waals surface area contributed by atoms with E-state index < -0.39 is 0 Å². The molecule has 25 heavy (non-hydrogen) atoms. The second-order valence-corrected chi connectivity index (χ2v) is 7.01. The van der Waals surface area contributed by atoms with Gasteiger partial charge < -0.3 is 14.6 Å². The third kappa shape index (κ3) is 4.25. The number of thioether (sulfide) groups is 1. The maximum absolute atomic E-state index is 12.4. The zero-order valence-electron chi connectivity index (χ0n) is 14.2. The number of rotatable bonds is 5. The summed E-state index contributed by atoms with van der Waals surface area (Å²) >= 11 is 1.57. The zero-order valence-corrected chi connectivity index (χ0v) is 15.1. The van der Waals surface area contributed by atoms with Crippen LogP contribution in [0.5, 0.6) is 0 Å². The summed E-state index contributed by atoms with van der Waals surface area (Å²) in [5.74, 6) is 0.394. The fourth-order valence-electron chi connectivity index (χ4n) is 3.07. The lowest BCUT2D eigenvalue weighted by Crippen LogP contribution is -2.41. The molecule has 3 rings (SSSR count). The van der Waals surface area contributed by atoms with E-state index in [-0.39, 0.29) is 11.8 Å². The van der Waals surface area contributed by atoms with Crippen molar-refractivity contribution in [3.63, 3.8) is 0 Å². The van der Waals surface area contributed by atoms with Crippen LogP contribution < -0.4 is 5.32 Å². The summed E-state index contributed by atoms with van der Waals surface area (Å²) in [5, 5.41) is 3.04. The van der Waals surface area contributed by atoms with Gasteiger partial charge in [-0.15, -0.1) is 11.8 Å². The Morgan fingerprint density at radius 3 is 2.68 bits per heavy atom. The van der Waals surface area contributed by atoms with Gasteiger partial charge in [0.2, 0.25) is 0 Å². The van der Waals surface area contributed by atoms with E-state index in [0.29, 0.717) is 31.1 Å². The molecule has 132 valence electrons. The lowest BCUT2D eigenvalue weighted by Gasteiger charge is -2.31. The monoisotopic (exact) mass is 358 g/mol. The standard InChI is InChI=1S/C19H22N2O3S/c1-25-17-5-3-2-4-16(17)18(22)20-12-14-6-9-21(10-7-14)19(23)15-8-11-24-13-15/h2-5,8,11,13-14H,6-7,9-10,12H2,1H3,(H,20,22). The number of likely N-dealkylation sites (tertiary alicyclic amines) is 1. The molecule has 0 bridgehead atoms. The topological polar surface area (TPSA) is 62.6 Å². The van der Waals surface area contributed by atoms with Gasteiger partial charge in [-0.2, -0.15) is 0 Å². The summed E-state index contributed by atoms with van der Waals surface area (Å²) in [5.41, 5.74) is 1.32. The van der Waals surface area contributed by atoms with E-state index in [9.17, 15) is 9.59 Å². The first-order valence-corrected chi connectivity index (χ1v) is 9.64. The minimum atomic E-state index is -0.0261. The predicted octanol–water partition coefficient (Wildman–Crippen LogP) is 3.28. The van der Waals surface area contributed by atoms with Crippen LogP contribution in [0.1, 0.15) is 33.6 Å². The van der Waals surface area contributed by atoms with Crippen molar-refractivity contribution in [2.45, 2.75) is 17.7 Å². The van der Waals surface area contributed by atoms with Gasteiger partial charge in [-0.1, -0.05) is 12.1 Å². The van der Waals surface area contributed by atoms with Crippen molar-refractivity contribution >= 4 is 23.6 Å². The third-order valence-corrected chi connectivity index (χ3v) is 5.37.